The van der Waals surface area contributed by atoms with Crippen molar-refractivity contribution in [1.29, 1.82) is 0 Å². The lowest BCUT2D eigenvalue weighted by molar-refractivity contribution is -0.139. The lowest BCUT2D eigenvalue weighted by atomic mass is 9.93. The molecule has 1 aliphatic heterocycles. The van der Waals surface area contributed by atoms with Crippen LogP contribution in [0, 0.1) is 0 Å². The van der Waals surface area contributed by atoms with E-state index in [4.69, 9.17) is 0 Å². The molecule has 0 radical (unpaired) electrons. The van der Waals surface area contributed by atoms with Crippen LogP contribution in [0.25, 0.3) is 10.9 Å². The number of aromatic nitrogens is 1. The number of allylic oxidation sites excluding steroid dienone is 1. The fourth-order valence-corrected chi connectivity index (χ4v) is 3.24. The average Bonchev–Trinajstić information content (AvgIpc) is 2.93. The molecule has 1 unspecified atom stereocenters. The van der Waals surface area contributed by atoms with Crippen LogP contribution < -0.4 is 5.32 Å². The normalized spacial score (nSPS) is 18.0. The SMILES string of the molecule is CC(=O)N(C)C(=O)/C(=C(\C)O)C1NCCc2c1[nH]c1ccccc21. The lowest BCUT2D eigenvalue weighted by Gasteiger charge is -2.28. The highest BCUT2D eigenvalue weighted by atomic mass is 16.3. The minimum atomic E-state index is -0.494. The number of aromatic amines is 1. The standard InChI is InChI=1S/C18H21N3O3/c1-10(22)15(18(24)21(3)11(2)23)17-16-13(8-9-19-17)12-6-4-5-7-14(12)20-16/h4-7,17,19-20,22H,8-9H2,1-3H3/b15-10+. The van der Waals surface area contributed by atoms with Gasteiger partial charge in [0.2, 0.25) is 5.91 Å². The molecule has 6 heteroatoms. The van der Waals surface area contributed by atoms with Gasteiger partial charge in [-0.15, -0.1) is 0 Å². The van der Waals surface area contributed by atoms with E-state index in [1.165, 1.54) is 20.9 Å². The summed E-state index contributed by atoms with van der Waals surface area (Å²) in [5.41, 5.74) is 3.21. The Morgan fingerprint density at radius 1 is 1.25 bits per heavy atom. The summed E-state index contributed by atoms with van der Waals surface area (Å²) in [4.78, 5) is 28.6. The van der Waals surface area contributed by atoms with Crippen molar-refractivity contribution in [2.75, 3.05) is 13.6 Å². The van der Waals surface area contributed by atoms with Crippen LogP contribution in [0.2, 0.25) is 0 Å². The molecule has 2 amide bonds. The van der Waals surface area contributed by atoms with E-state index in [-0.39, 0.29) is 17.2 Å². The van der Waals surface area contributed by atoms with Crippen molar-refractivity contribution in [3.05, 3.63) is 46.9 Å². The Labute approximate surface area is 140 Å². The molecule has 2 aromatic rings. The highest BCUT2D eigenvalue weighted by molar-refractivity contribution is 6.04. The third-order valence-electron chi connectivity index (χ3n) is 4.54. The van der Waals surface area contributed by atoms with Gasteiger partial charge in [0.05, 0.1) is 17.4 Å². The number of amides is 2. The number of aliphatic hydroxyl groups excluding tert-OH is 1. The number of aliphatic hydroxyl groups is 1. The number of fused-ring (bicyclic) bond motifs is 3. The Balaban J connectivity index is 2.11. The largest absolute Gasteiger partial charge is 0.512 e. The van der Waals surface area contributed by atoms with E-state index >= 15 is 0 Å². The predicted molar refractivity (Wildman–Crippen MR) is 91.5 cm³/mol. The summed E-state index contributed by atoms with van der Waals surface area (Å²) < 4.78 is 0. The van der Waals surface area contributed by atoms with Gasteiger partial charge in [0.1, 0.15) is 0 Å². The topological polar surface area (TPSA) is 85.4 Å². The summed E-state index contributed by atoms with van der Waals surface area (Å²) in [7, 11) is 1.42. The molecule has 126 valence electrons. The zero-order valence-corrected chi connectivity index (χ0v) is 14.0. The number of imide groups is 1. The number of hydrogen-bond acceptors (Lipinski definition) is 4. The Kier molecular flexibility index (Phi) is 4.15. The number of hydrogen-bond donors (Lipinski definition) is 3. The quantitative estimate of drug-likeness (QED) is 0.583. The maximum atomic E-state index is 12.7. The first-order valence-corrected chi connectivity index (χ1v) is 7.93. The van der Waals surface area contributed by atoms with E-state index < -0.39 is 11.9 Å². The number of likely N-dealkylation sites (N-methyl/N-ethyl adjacent to an activating group) is 1. The summed E-state index contributed by atoms with van der Waals surface area (Å²) in [5.74, 6) is -0.949. The van der Waals surface area contributed by atoms with Gasteiger partial charge in [-0.1, -0.05) is 18.2 Å². The number of benzene rings is 1. The van der Waals surface area contributed by atoms with E-state index in [1.807, 2.05) is 24.3 Å². The number of nitrogens with one attached hydrogen (secondary N) is 2. The molecule has 1 atom stereocenters. The van der Waals surface area contributed by atoms with Crippen LogP contribution in [0.5, 0.6) is 0 Å². The first-order valence-electron chi connectivity index (χ1n) is 7.93. The molecular formula is C18H21N3O3. The van der Waals surface area contributed by atoms with E-state index in [0.717, 1.165) is 33.5 Å². The molecule has 1 aromatic carbocycles. The summed E-state index contributed by atoms with van der Waals surface area (Å²) in [6.07, 6.45) is 0.838. The second kappa shape index (κ2) is 6.13. The molecule has 0 spiro atoms. The maximum Gasteiger partial charge on any atom is 0.261 e. The van der Waals surface area contributed by atoms with Gasteiger partial charge in [-0.25, -0.2) is 0 Å². The number of H-pyrrole nitrogens is 1. The van der Waals surface area contributed by atoms with E-state index in [1.54, 1.807) is 0 Å². The molecule has 3 N–H and O–H groups in total. The van der Waals surface area contributed by atoms with Gasteiger partial charge in [0.15, 0.2) is 0 Å². The molecule has 24 heavy (non-hydrogen) atoms. The van der Waals surface area contributed by atoms with Crippen LogP contribution in [0.15, 0.2) is 35.6 Å². The van der Waals surface area contributed by atoms with Crippen molar-refractivity contribution < 1.29 is 14.7 Å². The van der Waals surface area contributed by atoms with Crippen LogP contribution in [0.4, 0.5) is 0 Å². The maximum absolute atomic E-state index is 12.7. The number of para-hydroxylation sites is 1. The Morgan fingerprint density at radius 2 is 1.96 bits per heavy atom. The molecule has 0 fully saturated rings. The van der Waals surface area contributed by atoms with Crippen LogP contribution in [-0.2, 0) is 16.0 Å². The first kappa shape index (κ1) is 16.3. The summed E-state index contributed by atoms with van der Waals surface area (Å²) >= 11 is 0. The van der Waals surface area contributed by atoms with Crippen LogP contribution in [-0.4, -0.2) is 40.4 Å². The lowest BCUT2D eigenvalue weighted by Crippen LogP contribution is -2.40. The van der Waals surface area contributed by atoms with Gasteiger partial charge >= 0.3 is 0 Å². The molecule has 1 aliphatic rings. The van der Waals surface area contributed by atoms with Gasteiger partial charge in [-0.2, -0.15) is 0 Å². The average molecular weight is 327 g/mol. The number of nitrogens with zero attached hydrogens (tertiary/aromatic N) is 1. The summed E-state index contributed by atoms with van der Waals surface area (Å²) in [6, 6.07) is 7.50. The molecule has 2 heterocycles. The van der Waals surface area contributed by atoms with Crippen molar-refractivity contribution in [3.63, 3.8) is 0 Å². The van der Waals surface area contributed by atoms with Crippen LogP contribution in [0.3, 0.4) is 0 Å². The van der Waals surface area contributed by atoms with E-state index in [9.17, 15) is 14.7 Å². The van der Waals surface area contributed by atoms with Gasteiger partial charge in [0.25, 0.3) is 5.91 Å². The van der Waals surface area contributed by atoms with Crippen LogP contribution >= 0.6 is 0 Å². The molecule has 0 saturated carbocycles. The number of rotatable bonds is 2. The zero-order valence-electron chi connectivity index (χ0n) is 14.0. The number of carbonyl (C=O) groups is 2. The molecule has 0 bridgehead atoms. The molecule has 6 nitrogen and oxygen atoms in total. The fraction of sp³-hybridized carbons (Fsp3) is 0.333. The minimum Gasteiger partial charge on any atom is -0.512 e. The second-order valence-corrected chi connectivity index (χ2v) is 6.08. The Bertz CT molecular complexity index is 846. The summed E-state index contributed by atoms with van der Waals surface area (Å²) in [5, 5.41) is 14.5. The van der Waals surface area contributed by atoms with Crippen molar-refractivity contribution >= 4 is 22.7 Å². The van der Waals surface area contributed by atoms with E-state index in [2.05, 4.69) is 10.3 Å². The van der Waals surface area contributed by atoms with E-state index in [0.29, 0.717) is 6.54 Å². The predicted octanol–water partition coefficient (Wildman–Crippen LogP) is 2.19. The minimum absolute atomic E-state index is 0.0860. The van der Waals surface area contributed by atoms with Crippen LogP contribution in [0.1, 0.15) is 31.1 Å². The third-order valence-corrected chi connectivity index (χ3v) is 4.54. The van der Waals surface area contributed by atoms with Crippen molar-refractivity contribution in [1.82, 2.24) is 15.2 Å². The van der Waals surface area contributed by atoms with Gasteiger partial charge in [0, 0.05) is 37.1 Å². The van der Waals surface area contributed by atoms with Gasteiger partial charge in [-0.3, -0.25) is 14.5 Å². The highest BCUT2D eigenvalue weighted by Crippen LogP contribution is 2.34. The number of carbonyl (C=O) groups excluding carboxylic acids is 2. The van der Waals surface area contributed by atoms with Gasteiger partial charge < -0.3 is 15.4 Å². The molecule has 1 aromatic heterocycles. The Hall–Kier alpha value is -2.60. The molecule has 3 rings (SSSR count). The third kappa shape index (κ3) is 2.59. The monoisotopic (exact) mass is 327 g/mol. The van der Waals surface area contributed by atoms with Gasteiger partial charge in [-0.05, 0) is 25.0 Å². The smallest absolute Gasteiger partial charge is 0.261 e. The zero-order chi connectivity index (χ0) is 17.4. The molecule has 0 aliphatic carbocycles. The first-order chi connectivity index (χ1) is 11.4. The van der Waals surface area contributed by atoms with Crippen molar-refractivity contribution in [3.8, 4) is 0 Å². The molecule has 0 saturated heterocycles. The second-order valence-electron chi connectivity index (χ2n) is 6.08. The van der Waals surface area contributed by atoms with Crippen molar-refractivity contribution in [2.24, 2.45) is 0 Å². The highest BCUT2D eigenvalue weighted by Gasteiger charge is 2.33. The summed E-state index contributed by atoms with van der Waals surface area (Å²) in [6.45, 7) is 3.48. The fourth-order valence-electron chi connectivity index (χ4n) is 3.24. The Morgan fingerprint density at radius 3 is 2.62 bits per heavy atom. The van der Waals surface area contributed by atoms with Crippen molar-refractivity contribution in [2.45, 2.75) is 26.3 Å². The molecular weight excluding hydrogens is 306 g/mol.